The standard InChI is InChI=1S/C19H23N5O/c1-14-16(12-21-24(14)19(2,3)4)18(25)22-17-10-11-20-23(17)13-15-8-6-5-7-9-15/h5-12H,13H2,1-4H3,(H,22,25). The largest absolute Gasteiger partial charge is 0.307 e. The fraction of sp³-hybridized carbons (Fsp3) is 0.316. The van der Waals surface area contributed by atoms with Crippen molar-refractivity contribution < 1.29 is 4.79 Å². The van der Waals surface area contributed by atoms with Gasteiger partial charge in [0.25, 0.3) is 5.91 Å². The second kappa shape index (κ2) is 6.55. The quantitative estimate of drug-likeness (QED) is 0.793. The minimum absolute atomic E-state index is 0.169. The van der Waals surface area contributed by atoms with Gasteiger partial charge in [0.05, 0.1) is 30.0 Å². The van der Waals surface area contributed by atoms with Crippen molar-refractivity contribution in [2.24, 2.45) is 0 Å². The number of amides is 1. The van der Waals surface area contributed by atoms with E-state index < -0.39 is 0 Å². The number of carbonyl (C=O) groups is 1. The Hall–Kier alpha value is -2.89. The van der Waals surface area contributed by atoms with Gasteiger partial charge in [0.1, 0.15) is 5.82 Å². The summed E-state index contributed by atoms with van der Waals surface area (Å²) in [4.78, 5) is 12.7. The molecule has 25 heavy (non-hydrogen) atoms. The van der Waals surface area contributed by atoms with E-state index >= 15 is 0 Å². The fourth-order valence-corrected chi connectivity index (χ4v) is 2.81. The van der Waals surface area contributed by atoms with E-state index in [0.29, 0.717) is 17.9 Å². The Morgan fingerprint density at radius 2 is 1.84 bits per heavy atom. The highest BCUT2D eigenvalue weighted by atomic mass is 16.1. The van der Waals surface area contributed by atoms with Crippen molar-refractivity contribution in [3.8, 4) is 0 Å². The normalized spacial score (nSPS) is 11.5. The first-order valence-corrected chi connectivity index (χ1v) is 8.28. The summed E-state index contributed by atoms with van der Waals surface area (Å²) >= 11 is 0. The summed E-state index contributed by atoms with van der Waals surface area (Å²) in [6.45, 7) is 8.69. The number of nitrogens with zero attached hydrogens (tertiary/aromatic N) is 4. The highest BCUT2D eigenvalue weighted by Gasteiger charge is 2.22. The van der Waals surface area contributed by atoms with E-state index in [2.05, 4.69) is 36.3 Å². The van der Waals surface area contributed by atoms with Crippen LogP contribution in [0.1, 0.15) is 42.4 Å². The molecule has 0 spiro atoms. The average molecular weight is 337 g/mol. The zero-order chi connectivity index (χ0) is 18.0. The molecule has 0 aliphatic rings. The molecule has 1 amide bonds. The van der Waals surface area contributed by atoms with Crippen LogP contribution in [0.5, 0.6) is 0 Å². The van der Waals surface area contributed by atoms with Crippen molar-refractivity contribution in [3.05, 3.63) is 65.6 Å². The molecule has 6 heteroatoms. The van der Waals surface area contributed by atoms with Crippen molar-refractivity contribution in [1.82, 2.24) is 19.6 Å². The third-order valence-corrected chi connectivity index (χ3v) is 4.02. The molecule has 0 saturated carbocycles. The van der Waals surface area contributed by atoms with Crippen LogP contribution in [-0.4, -0.2) is 25.5 Å². The molecule has 0 saturated heterocycles. The second-order valence-corrected chi connectivity index (χ2v) is 7.04. The van der Waals surface area contributed by atoms with E-state index in [1.807, 2.05) is 41.9 Å². The number of rotatable bonds is 4. The molecule has 3 rings (SSSR count). The van der Waals surface area contributed by atoms with Crippen LogP contribution in [0.3, 0.4) is 0 Å². The molecule has 1 N–H and O–H groups in total. The van der Waals surface area contributed by atoms with Gasteiger partial charge in [-0.25, -0.2) is 4.68 Å². The van der Waals surface area contributed by atoms with Gasteiger partial charge in [-0.05, 0) is 33.3 Å². The van der Waals surface area contributed by atoms with Crippen molar-refractivity contribution in [2.45, 2.75) is 39.8 Å². The molecule has 130 valence electrons. The monoisotopic (exact) mass is 337 g/mol. The molecule has 2 heterocycles. The molecule has 1 aromatic carbocycles. The molecule has 2 aromatic heterocycles. The number of anilines is 1. The zero-order valence-corrected chi connectivity index (χ0v) is 15.0. The van der Waals surface area contributed by atoms with Crippen LogP contribution >= 0.6 is 0 Å². The lowest BCUT2D eigenvalue weighted by Gasteiger charge is -2.21. The Kier molecular flexibility index (Phi) is 4.44. The van der Waals surface area contributed by atoms with E-state index in [9.17, 15) is 4.79 Å². The molecule has 0 radical (unpaired) electrons. The Morgan fingerprint density at radius 1 is 1.12 bits per heavy atom. The van der Waals surface area contributed by atoms with Gasteiger partial charge in [-0.15, -0.1) is 0 Å². The van der Waals surface area contributed by atoms with Crippen LogP contribution in [0.25, 0.3) is 0 Å². The topological polar surface area (TPSA) is 64.7 Å². The van der Waals surface area contributed by atoms with Gasteiger partial charge in [0, 0.05) is 11.8 Å². The summed E-state index contributed by atoms with van der Waals surface area (Å²) < 4.78 is 3.64. The Balaban J connectivity index is 1.79. The van der Waals surface area contributed by atoms with Crippen molar-refractivity contribution in [1.29, 1.82) is 0 Å². The summed E-state index contributed by atoms with van der Waals surface area (Å²) in [6, 6.07) is 11.8. The smallest absolute Gasteiger partial charge is 0.260 e. The lowest BCUT2D eigenvalue weighted by Crippen LogP contribution is -2.25. The summed E-state index contributed by atoms with van der Waals surface area (Å²) in [5.41, 5.74) is 2.37. The van der Waals surface area contributed by atoms with Gasteiger partial charge in [-0.3, -0.25) is 9.48 Å². The first kappa shape index (κ1) is 17.0. The number of benzene rings is 1. The Bertz CT molecular complexity index is 871. The summed E-state index contributed by atoms with van der Waals surface area (Å²) in [6.07, 6.45) is 3.30. The molecule has 0 unspecified atom stereocenters. The minimum atomic E-state index is -0.178. The van der Waals surface area contributed by atoms with Crippen LogP contribution < -0.4 is 5.32 Å². The van der Waals surface area contributed by atoms with Crippen LogP contribution in [0.2, 0.25) is 0 Å². The van der Waals surface area contributed by atoms with Crippen LogP contribution in [0, 0.1) is 6.92 Å². The van der Waals surface area contributed by atoms with Gasteiger partial charge < -0.3 is 5.32 Å². The first-order chi connectivity index (χ1) is 11.9. The van der Waals surface area contributed by atoms with Crippen molar-refractivity contribution >= 4 is 11.7 Å². The van der Waals surface area contributed by atoms with Gasteiger partial charge >= 0.3 is 0 Å². The van der Waals surface area contributed by atoms with E-state index in [1.165, 1.54) is 0 Å². The SMILES string of the molecule is Cc1c(C(=O)Nc2ccnn2Cc2ccccc2)cnn1C(C)(C)C. The number of nitrogens with one attached hydrogen (secondary N) is 1. The molecule has 0 aliphatic heterocycles. The summed E-state index contributed by atoms with van der Waals surface area (Å²) in [7, 11) is 0. The lowest BCUT2D eigenvalue weighted by atomic mass is 10.1. The second-order valence-electron chi connectivity index (χ2n) is 7.04. The third-order valence-electron chi connectivity index (χ3n) is 4.02. The lowest BCUT2D eigenvalue weighted by molar-refractivity contribution is 0.102. The Labute approximate surface area is 147 Å². The number of aromatic nitrogens is 4. The maximum absolute atomic E-state index is 12.7. The molecule has 6 nitrogen and oxygen atoms in total. The van der Waals surface area contributed by atoms with Gasteiger partial charge in [-0.2, -0.15) is 10.2 Å². The average Bonchev–Trinajstić information content (AvgIpc) is 3.14. The fourth-order valence-electron chi connectivity index (χ4n) is 2.81. The van der Waals surface area contributed by atoms with E-state index in [0.717, 1.165) is 11.3 Å². The molecule has 3 aromatic rings. The van der Waals surface area contributed by atoms with E-state index in [4.69, 9.17) is 0 Å². The number of hydrogen-bond acceptors (Lipinski definition) is 3. The van der Waals surface area contributed by atoms with Gasteiger partial charge in [0.2, 0.25) is 0 Å². The zero-order valence-electron chi connectivity index (χ0n) is 15.0. The maximum atomic E-state index is 12.7. The van der Waals surface area contributed by atoms with Crippen LogP contribution in [0.15, 0.2) is 48.8 Å². The molecular weight excluding hydrogens is 314 g/mol. The van der Waals surface area contributed by atoms with Gasteiger partial charge in [-0.1, -0.05) is 30.3 Å². The van der Waals surface area contributed by atoms with E-state index in [1.54, 1.807) is 23.1 Å². The van der Waals surface area contributed by atoms with Crippen LogP contribution in [0.4, 0.5) is 5.82 Å². The predicted octanol–water partition coefficient (Wildman–Crippen LogP) is 3.44. The molecule has 0 atom stereocenters. The predicted molar refractivity (Wildman–Crippen MR) is 97.7 cm³/mol. The highest BCUT2D eigenvalue weighted by molar-refractivity contribution is 6.04. The molecule has 0 bridgehead atoms. The highest BCUT2D eigenvalue weighted by Crippen LogP contribution is 2.19. The first-order valence-electron chi connectivity index (χ1n) is 8.28. The molecular formula is C19H23N5O. The minimum Gasteiger partial charge on any atom is -0.307 e. The van der Waals surface area contributed by atoms with Crippen molar-refractivity contribution in [2.75, 3.05) is 5.32 Å². The summed E-state index contributed by atoms with van der Waals surface area (Å²) in [5, 5.41) is 11.6. The Morgan fingerprint density at radius 3 is 2.48 bits per heavy atom. The molecule has 0 aliphatic carbocycles. The van der Waals surface area contributed by atoms with Gasteiger partial charge in [0.15, 0.2) is 0 Å². The van der Waals surface area contributed by atoms with E-state index in [-0.39, 0.29) is 11.4 Å². The van der Waals surface area contributed by atoms with Crippen LogP contribution in [-0.2, 0) is 12.1 Å². The summed E-state index contributed by atoms with van der Waals surface area (Å²) in [5.74, 6) is 0.486. The van der Waals surface area contributed by atoms with Crippen molar-refractivity contribution in [3.63, 3.8) is 0 Å². The molecule has 0 fully saturated rings. The number of hydrogen-bond donors (Lipinski definition) is 1. The third kappa shape index (κ3) is 3.63. The maximum Gasteiger partial charge on any atom is 0.260 e. The number of carbonyl (C=O) groups excluding carboxylic acids is 1.